The van der Waals surface area contributed by atoms with Crippen molar-refractivity contribution in [3.8, 4) is 0 Å². The Hall–Kier alpha value is -1.11. The van der Waals surface area contributed by atoms with Crippen LogP contribution in [-0.2, 0) is 10.0 Å². The third-order valence-electron chi connectivity index (χ3n) is 3.57. The number of anilines is 1. The Kier molecular flexibility index (Phi) is 4.44. The molecular formula is C13H20N2O3S. The van der Waals surface area contributed by atoms with E-state index in [1.165, 1.54) is 12.1 Å². The van der Waals surface area contributed by atoms with Gasteiger partial charge in [-0.3, -0.25) is 0 Å². The fraction of sp³-hybridized carbons (Fsp3) is 0.538. The van der Waals surface area contributed by atoms with E-state index in [2.05, 4.69) is 4.72 Å². The lowest BCUT2D eigenvalue weighted by atomic mass is 9.87. The van der Waals surface area contributed by atoms with Crippen molar-refractivity contribution in [3.05, 3.63) is 24.3 Å². The monoisotopic (exact) mass is 284 g/mol. The molecule has 2 rings (SSSR count). The zero-order valence-corrected chi connectivity index (χ0v) is 11.6. The highest BCUT2D eigenvalue weighted by atomic mass is 32.2. The summed E-state index contributed by atoms with van der Waals surface area (Å²) >= 11 is 0. The van der Waals surface area contributed by atoms with Crippen LogP contribution < -0.4 is 10.5 Å². The van der Waals surface area contributed by atoms with E-state index in [4.69, 9.17) is 5.73 Å². The zero-order valence-electron chi connectivity index (χ0n) is 10.7. The van der Waals surface area contributed by atoms with Crippen molar-refractivity contribution in [1.29, 1.82) is 0 Å². The Morgan fingerprint density at radius 1 is 1.32 bits per heavy atom. The summed E-state index contributed by atoms with van der Waals surface area (Å²) in [6.07, 6.45) is 3.27. The predicted octanol–water partition coefficient (Wildman–Crippen LogP) is 1.10. The van der Waals surface area contributed by atoms with E-state index in [1.807, 2.05) is 0 Å². The van der Waals surface area contributed by atoms with Gasteiger partial charge in [0, 0.05) is 12.2 Å². The number of rotatable bonds is 4. The maximum atomic E-state index is 12.1. The van der Waals surface area contributed by atoms with Crippen LogP contribution in [0.4, 0.5) is 5.69 Å². The van der Waals surface area contributed by atoms with Crippen molar-refractivity contribution >= 4 is 15.7 Å². The average Bonchev–Trinajstić information content (AvgIpc) is 2.38. The average molecular weight is 284 g/mol. The molecule has 5 nitrogen and oxygen atoms in total. The molecule has 19 heavy (non-hydrogen) atoms. The van der Waals surface area contributed by atoms with Gasteiger partial charge in [-0.15, -0.1) is 0 Å². The molecule has 6 heteroatoms. The first kappa shape index (κ1) is 14.3. The summed E-state index contributed by atoms with van der Waals surface area (Å²) in [4.78, 5) is 0.165. The fourth-order valence-electron chi connectivity index (χ4n) is 2.41. The SMILES string of the molecule is Nc1cccc(S(=O)(=O)NCC2CCCCC2O)c1. The summed E-state index contributed by atoms with van der Waals surface area (Å²) in [7, 11) is -3.55. The molecule has 2 atom stereocenters. The molecule has 0 amide bonds. The molecule has 1 aromatic carbocycles. The van der Waals surface area contributed by atoms with E-state index in [0.717, 1.165) is 25.7 Å². The smallest absolute Gasteiger partial charge is 0.240 e. The van der Waals surface area contributed by atoms with Crippen LogP contribution in [0.5, 0.6) is 0 Å². The summed E-state index contributed by atoms with van der Waals surface area (Å²) < 4.78 is 26.7. The largest absolute Gasteiger partial charge is 0.399 e. The Labute approximate surface area is 113 Å². The second-order valence-corrected chi connectivity index (χ2v) is 6.80. The molecule has 1 aromatic rings. The van der Waals surface area contributed by atoms with Crippen LogP contribution in [0, 0.1) is 5.92 Å². The molecule has 0 bridgehead atoms. The molecule has 2 unspecified atom stereocenters. The van der Waals surface area contributed by atoms with Crippen molar-refractivity contribution < 1.29 is 13.5 Å². The summed E-state index contributed by atoms with van der Waals surface area (Å²) in [5.74, 6) is 0.00424. The summed E-state index contributed by atoms with van der Waals surface area (Å²) in [6.45, 7) is 0.276. The van der Waals surface area contributed by atoms with Crippen LogP contribution in [-0.4, -0.2) is 26.2 Å². The van der Waals surface area contributed by atoms with Gasteiger partial charge in [0.1, 0.15) is 0 Å². The third-order valence-corrected chi connectivity index (χ3v) is 4.99. The normalized spacial score (nSPS) is 24.3. The number of nitrogens with one attached hydrogen (secondary N) is 1. The van der Waals surface area contributed by atoms with Gasteiger partial charge in [0.05, 0.1) is 11.0 Å². The number of nitrogen functional groups attached to an aromatic ring is 1. The van der Waals surface area contributed by atoms with Crippen LogP contribution in [0.1, 0.15) is 25.7 Å². The molecule has 0 heterocycles. The fourth-order valence-corrected chi connectivity index (χ4v) is 3.56. The van der Waals surface area contributed by atoms with Crippen LogP contribution in [0.15, 0.2) is 29.2 Å². The van der Waals surface area contributed by atoms with Crippen molar-refractivity contribution in [2.24, 2.45) is 5.92 Å². The molecule has 4 N–H and O–H groups in total. The van der Waals surface area contributed by atoms with Gasteiger partial charge < -0.3 is 10.8 Å². The molecule has 1 aliphatic carbocycles. The van der Waals surface area contributed by atoms with Gasteiger partial charge >= 0.3 is 0 Å². The lowest BCUT2D eigenvalue weighted by Crippen LogP contribution is -2.36. The molecule has 0 spiro atoms. The second-order valence-electron chi connectivity index (χ2n) is 5.04. The van der Waals surface area contributed by atoms with E-state index in [1.54, 1.807) is 12.1 Å². The van der Waals surface area contributed by atoms with E-state index in [0.29, 0.717) is 5.69 Å². The molecular weight excluding hydrogens is 264 g/mol. The zero-order chi connectivity index (χ0) is 13.9. The lowest BCUT2D eigenvalue weighted by molar-refractivity contribution is 0.0724. The predicted molar refractivity (Wildman–Crippen MR) is 74.0 cm³/mol. The highest BCUT2D eigenvalue weighted by molar-refractivity contribution is 7.89. The molecule has 106 valence electrons. The van der Waals surface area contributed by atoms with Crippen LogP contribution >= 0.6 is 0 Å². The molecule has 1 saturated carbocycles. The van der Waals surface area contributed by atoms with Gasteiger partial charge in [0.25, 0.3) is 0 Å². The van der Waals surface area contributed by atoms with Crippen LogP contribution in [0.25, 0.3) is 0 Å². The van der Waals surface area contributed by atoms with E-state index in [9.17, 15) is 13.5 Å². The number of aliphatic hydroxyl groups excluding tert-OH is 1. The Morgan fingerprint density at radius 3 is 2.74 bits per heavy atom. The number of hydrogen-bond donors (Lipinski definition) is 3. The molecule has 0 saturated heterocycles. The van der Waals surface area contributed by atoms with E-state index in [-0.39, 0.29) is 17.4 Å². The number of benzene rings is 1. The standard InChI is InChI=1S/C13H20N2O3S/c14-11-5-3-6-12(8-11)19(17,18)15-9-10-4-1-2-7-13(10)16/h3,5-6,8,10,13,15-16H,1-2,4,7,9,14H2. The number of hydrogen-bond acceptors (Lipinski definition) is 4. The Morgan fingerprint density at radius 2 is 2.05 bits per heavy atom. The maximum Gasteiger partial charge on any atom is 0.240 e. The third kappa shape index (κ3) is 3.68. The van der Waals surface area contributed by atoms with Gasteiger partial charge in [0.15, 0.2) is 0 Å². The minimum Gasteiger partial charge on any atom is -0.399 e. The van der Waals surface area contributed by atoms with Crippen LogP contribution in [0.2, 0.25) is 0 Å². The number of aliphatic hydroxyl groups is 1. The summed E-state index contributed by atoms with van der Waals surface area (Å²) in [6, 6.07) is 6.19. The number of sulfonamides is 1. The highest BCUT2D eigenvalue weighted by Crippen LogP contribution is 2.24. The number of nitrogens with two attached hydrogens (primary N) is 1. The molecule has 0 radical (unpaired) electrons. The van der Waals surface area contributed by atoms with Crippen LogP contribution in [0.3, 0.4) is 0 Å². The molecule has 0 aromatic heterocycles. The highest BCUT2D eigenvalue weighted by Gasteiger charge is 2.25. The van der Waals surface area contributed by atoms with Gasteiger partial charge in [0.2, 0.25) is 10.0 Å². The second kappa shape index (κ2) is 5.90. The van der Waals surface area contributed by atoms with E-state index >= 15 is 0 Å². The minimum absolute atomic E-state index is 0.00424. The van der Waals surface area contributed by atoms with Gasteiger partial charge in [-0.05, 0) is 37.0 Å². The first-order valence-corrected chi connectivity index (χ1v) is 8.00. The summed E-state index contributed by atoms with van der Waals surface area (Å²) in [5.41, 5.74) is 6.00. The van der Waals surface area contributed by atoms with Gasteiger partial charge in [-0.2, -0.15) is 0 Å². The van der Waals surface area contributed by atoms with E-state index < -0.39 is 16.1 Å². The first-order chi connectivity index (χ1) is 8.99. The topological polar surface area (TPSA) is 92.4 Å². The Bertz CT molecular complexity index is 530. The minimum atomic E-state index is -3.55. The van der Waals surface area contributed by atoms with Crippen molar-refractivity contribution in [1.82, 2.24) is 4.72 Å². The van der Waals surface area contributed by atoms with Crippen molar-refractivity contribution in [2.45, 2.75) is 36.7 Å². The lowest BCUT2D eigenvalue weighted by Gasteiger charge is -2.27. The van der Waals surface area contributed by atoms with Crippen molar-refractivity contribution in [3.63, 3.8) is 0 Å². The quantitative estimate of drug-likeness (QED) is 0.722. The summed E-state index contributed by atoms with van der Waals surface area (Å²) in [5, 5.41) is 9.83. The molecule has 0 aliphatic heterocycles. The molecule has 1 fully saturated rings. The van der Waals surface area contributed by atoms with Gasteiger partial charge in [-0.25, -0.2) is 13.1 Å². The Balaban J connectivity index is 2.01. The first-order valence-electron chi connectivity index (χ1n) is 6.52. The molecule has 1 aliphatic rings. The van der Waals surface area contributed by atoms with Crippen molar-refractivity contribution in [2.75, 3.05) is 12.3 Å². The van der Waals surface area contributed by atoms with Gasteiger partial charge in [-0.1, -0.05) is 18.9 Å². The maximum absolute atomic E-state index is 12.1.